The summed E-state index contributed by atoms with van der Waals surface area (Å²) in [5, 5.41) is 4.31. The minimum absolute atomic E-state index is 0.202. The highest BCUT2D eigenvalue weighted by Crippen LogP contribution is 2.17. The van der Waals surface area contributed by atoms with Gasteiger partial charge in [-0.15, -0.1) is 0 Å². The Labute approximate surface area is 150 Å². The Kier molecular flexibility index (Phi) is 5.87. The van der Waals surface area contributed by atoms with Gasteiger partial charge in [0.1, 0.15) is 0 Å². The standard InChI is InChI=1S/C20H28N4O/c1-17-7-5-12-23(15-17)14-10-20(25)22(2)16-18-8-3-4-9-19(18)24-13-6-11-21-24/h3-4,6,8-9,11,13,17H,5,7,10,12,14-16H2,1-2H3. The van der Waals surface area contributed by atoms with Crippen LogP contribution in [-0.2, 0) is 11.3 Å². The number of rotatable bonds is 6. The average molecular weight is 340 g/mol. The number of carbonyl (C=O) groups is 1. The zero-order chi connectivity index (χ0) is 17.6. The van der Waals surface area contributed by atoms with Gasteiger partial charge in [-0.3, -0.25) is 4.79 Å². The van der Waals surface area contributed by atoms with Crippen molar-refractivity contribution in [2.75, 3.05) is 26.7 Å². The topological polar surface area (TPSA) is 41.4 Å². The molecular weight excluding hydrogens is 312 g/mol. The van der Waals surface area contributed by atoms with E-state index in [0.29, 0.717) is 13.0 Å². The van der Waals surface area contributed by atoms with Gasteiger partial charge in [-0.2, -0.15) is 5.10 Å². The van der Waals surface area contributed by atoms with Crippen LogP contribution in [0.4, 0.5) is 0 Å². The smallest absolute Gasteiger partial charge is 0.223 e. The lowest BCUT2D eigenvalue weighted by Gasteiger charge is -2.31. The Hall–Kier alpha value is -2.14. The van der Waals surface area contributed by atoms with Gasteiger partial charge in [0.15, 0.2) is 0 Å². The predicted molar refractivity (Wildman–Crippen MR) is 99.5 cm³/mol. The summed E-state index contributed by atoms with van der Waals surface area (Å²) in [6, 6.07) is 10.0. The van der Waals surface area contributed by atoms with Crippen molar-refractivity contribution in [1.29, 1.82) is 0 Å². The Bertz CT molecular complexity index is 683. The van der Waals surface area contributed by atoms with Crippen molar-refractivity contribution in [1.82, 2.24) is 19.6 Å². The molecule has 0 saturated carbocycles. The molecule has 0 spiro atoms. The summed E-state index contributed by atoms with van der Waals surface area (Å²) < 4.78 is 1.85. The third-order valence-corrected chi connectivity index (χ3v) is 4.96. The molecule has 25 heavy (non-hydrogen) atoms. The van der Waals surface area contributed by atoms with Crippen molar-refractivity contribution in [3.63, 3.8) is 0 Å². The minimum atomic E-state index is 0.202. The molecule has 1 aromatic heterocycles. The fourth-order valence-electron chi connectivity index (χ4n) is 3.56. The summed E-state index contributed by atoms with van der Waals surface area (Å²) in [7, 11) is 1.89. The molecule has 0 aliphatic carbocycles. The number of hydrogen-bond donors (Lipinski definition) is 0. The molecule has 0 N–H and O–H groups in total. The van der Waals surface area contributed by atoms with Crippen LogP contribution in [0.15, 0.2) is 42.7 Å². The zero-order valence-corrected chi connectivity index (χ0v) is 15.3. The quantitative estimate of drug-likeness (QED) is 0.812. The summed E-state index contributed by atoms with van der Waals surface area (Å²) >= 11 is 0. The highest BCUT2D eigenvalue weighted by Gasteiger charge is 2.18. The molecule has 1 saturated heterocycles. The fraction of sp³-hybridized carbons (Fsp3) is 0.500. The van der Waals surface area contributed by atoms with Crippen LogP contribution < -0.4 is 0 Å². The second kappa shape index (κ2) is 8.30. The van der Waals surface area contributed by atoms with Gasteiger partial charge >= 0.3 is 0 Å². The van der Waals surface area contributed by atoms with Gasteiger partial charge in [-0.05, 0) is 43.0 Å². The van der Waals surface area contributed by atoms with Crippen molar-refractivity contribution < 1.29 is 4.79 Å². The van der Waals surface area contributed by atoms with Crippen LogP contribution >= 0.6 is 0 Å². The summed E-state index contributed by atoms with van der Waals surface area (Å²) in [4.78, 5) is 16.8. The number of likely N-dealkylation sites (tertiary alicyclic amines) is 1. The molecule has 1 aliphatic rings. The number of carbonyl (C=O) groups excluding carboxylic acids is 1. The van der Waals surface area contributed by atoms with Crippen LogP contribution in [0.3, 0.4) is 0 Å². The van der Waals surface area contributed by atoms with Gasteiger partial charge in [-0.1, -0.05) is 25.1 Å². The molecule has 1 atom stereocenters. The number of benzene rings is 1. The van der Waals surface area contributed by atoms with Crippen molar-refractivity contribution in [3.05, 3.63) is 48.3 Å². The lowest BCUT2D eigenvalue weighted by atomic mass is 10.0. The van der Waals surface area contributed by atoms with Crippen molar-refractivity contribution in [2.45, 2.75) is 32.7 Å². The van der Waals surface area contributed by atoms with Gasteiger partial charge in [0.25, 0.3) is 0 Å². The van der Waals surface area contributed by atoms with E-state index in [2.05, 4.69) is 23.0 Å². The van der Waals surface area contributed by atoms with Gasteiger partial charge in [0.05, 0.1) is 5.69 Å². The van der Waals surface area contributed by atoms with Gasteiger partial charge in [0, 0.05) is 45.5 Å². The third kappa shape index (κ3) is 4.69. The van der Waals surface area contributed by atoms with Crippen LogP contribution in [0.25, 0.3) is 5.69 Å². The largest absolute Gasteiger partial charge is 0.341 e. The minimum Gasteiger partial charge on any atom is -0.341 e. The van der Waals surface area contributed by atoms with Gasteiger partial charge in [0.2, 0.25) is 5.91 Å². The number of nitrogens with zero attached hydrogens (tertiary/aromatic N) is 4. The second-order valence-electron chi connectivity index (χ2n) is 7.13. The molecule has 1 fully saturated rings. The molecule has 5 nitrogen and oxygen atoms in total. The molecule has 2 aromatic rings. The molecule has 0 bridgehead atoms. The molecule has 1 amide bonds. The predicted octanol–water partition coefficient (Wildman–Crippen LogP) is 2.95. The number of amides is 1. The lowest BCUT2D eigenvalue weighted by Crippen LogP contribution is -2.37. The summed E-state index contributed by atoms with van der Waals surface area (Å²) in [5.74, 6) is 0.955. The maximum absolute atomic E-state index is 12.5. The lowest BCUT2D eigenvalue weighted by molar-refractivity contribution is -0.130. The number of piperidine rings is 1. The molecule has 1 aliphatic heterocycles. The number of para-hydroxylation sites is 1. The Balaban J connectivity index is 1.57. The number of hydrogen-bond acceptors (Lipinski definition) is 3. The van der Waals surface area contributed by atoms with Crippen LogP contribution in [0.5, 0.6) is 0 Å². The third-order valence-electron chi connectivity index (χ3n) is 4.96. The maximum atomic E-state index is 12.5. The SMILES string of the molecule is CC1CCCN(CCC(=O)N(C)Cc2ccccc2-n2cccn2)C1. The zero-order valence-electron chi connectivity index (χ0n) is 15.3. The fourth-order valence-corrected chi connectivity index (χ4v) is 3.56. The van der Waals surface area contributed by atoms with E-state index in [1.807, 2.05) is 47.1 Å². The van der Waals surface area contributed by atoms with Crippen LogP contribution in [0.1, 0.15) is 31.7 Å². The van der Waals surface area contributed by atoms with Crippen molar-refractivity contribution >= 4 is 5.91 Å². The van der Waals surface area contributed by atoms with Crippen LogP contribution in [0, 0.1) is 5.92 Å². The van der Waals surface area contributed by atoms with E-state index in [9.17, 15) is 4.79 Å². The van der Waals surface area contributed by atoms with Gasteiger partial charge in [-0.25, -0.2) is 4.68 Å². The normalized spacial score (nSPS) is 18.2. The van der Waals surface area contributed by atoms with E-state index in [1.54, 1.807) is 6.20 Å². The Morgan fingerprint density at radius 2 is 2.16 bits per heavy atom. The Morgan fingerprint density at radius 1 is 1.32 bits per heavy atom. The summed E-state index contributed by atoms with van der Waals surface area (Å²) in [6.45, 7) is 6.02. The highest BCUT2D eigenvalue weighted by molar-refractivity contribution is 5.76. The van der Waals surface area contributed by atoms with Gasteiger partial charge < -0.3 is 9.80 Å². The number of aromatic nitrogens is 2. The summed E-state index contributed by atoms with van der Waals surface area (Å²) in [6.07, 6.45) is 6.85. The molecule has 1 unspecified atom stereocenters. The van der Waals surface area contributed by atoms with E-state index >= 15 is 0 Å². The molecule has 5 heteroatoms. The summed E-state index contributed by atoms with van der Waals surface area (Å²) in [5.41, 5.74) is 2.13. The van der Waals surface area contributed by atoms with Crippen molar-refractivity contribution in [2.24, 2.45) is 5.92 Å². The highest BCUT2D eigenvalue weighted by atomic mass is 16.2. The second-order valence-corrected chi connectivity index (χ2v) is 7.13. The average Bonchev–Trinajstić information content (AvgIpc) is 3.14. The molecule has 2 heterocycles. The van der Waals surface area contributed by atoms with E-state index in [1.165, 1.54) is 12.8 Å². The van der Waals surface area contributed by atoms with Crippen molar-refractivity contribution in [3.8, 4) is 5.69 Å². The molecular formula is C20H28N4O. The molecule has 134 valence electrons. The maximum Gasteiger partial charge on any atom is 0.223 e. The van der Waals surface area contributed by atoms with E-state index in [-0.39, 0.29) is 5.91 Å². The molecule has 1 aromatic carbocycles. The molecule has 0 radical (unpaired) electrons. The first-order chi connectivity index (χ1) is 12.1. The Morgan fingerprint density at radius 3 is 2.92 bits per heavy atom. The van der Waals surface area contributed by atoms with E-state index in [4.69, 9.17) is 0 Å². The van der Waals surface area contributed by atoms with E-state index < -0.39 is 0 Å². The molecule has 3 rings (SSSR count). The van der Waals surface area contributed by atoms with Crippen LogP contribution in [-0.4, -0.2) is 52.2 Å². The monoisotopic (exact) mass is 340 g/mol. The first-order valence-corrected chi connectivity index (χ1v) is 9.17. The van der Waals surface area contributed by atoms with Crippen LogP contribution in [0.2, 0.25) is 0 Å². The van der Waals surface area contributed by atoms with E-state index in [0.717, 1.165) is 36.8 Å². The first-order valence-electron chi connectivity index (χ1n) is 9.17. The first kappa shape index (κ1) is 17.7.